The standard InChI is InChI=1S/C28H23NO8S/c30-18(15-29-11-10-20-7-4-12-38-20)16-34-19-13-21-25-22(14-19)36-27(17-5-2-1-3-6-17)28(26(25)33)37-24(32)9-8-23(31)35-21/h1-9,12-14,18,29-30H,10-11,15-16H2/b9-8-. The van der Waals surface area contributed by atoms with E-state index >= 15 is 0 Å². The van der Waals surface area contributed by atoms with E-state index in [0.29, 0.717) is 18.7 Å². The lowest BCUT2D eigenvalue weighted by Gasteiger charge is -2.16. The summed E-state index contributed by atoms with van der Waals surface area (Å²) in [7, 11) is 0. The number of carbonyl (C=O) groups excluding carboxylic acids is 2. The van der Waals surface area contributed by atoms with Crippen LogP contribution in [-0.2, 0) is 16.0 Å². The number of ether oxygens (including phenoxy) is 3. The van der Waals surface area contributed by atoms with E-state index in [-0.39, 0.29) is 40.6 Å². The Labute approximate surface area is 220 Å². The van der Waals surface area contributed by atoms with Gasteiger partial charge in [-0.15, -0.1) is 11.3 Å². The smallest absolute Gasteiger partial charge is 0.336 e. The van der Waals surface area contributed by atoms with Gasteiger partial charge in [-0.2, -0.15) is 0 Å². The number of aliphatic hydroxyl groups is 1. The number of aliphatic hydroxyl groups excluding tert-OH is 1. The van der Waals surface area contributed by atoms with Crippen LogP contribution >= 0.6 is 11.3 Å². The molecular weight excluding hydrogens is 510 g/mol. The first-order valence-corrected chi connectivity index (χ1v) is 12.7. The monoisotopic (exact) mass is 533 g/mol. The van der Waals surface area contributed by atoms with Crippen LogP contribution in [0.2, 0.25) is 0 Å². The topological polar surface area (TPSA) is 124 Å². The normalized spacial score (nSPS) is 14.7. The van der Waals surface area contributed by atoms with Gasteiger partial charge >= 0.3 is 11.9 Å². The lowest BCUT2D eigenvalue weighted by Crippen LogP contribution is -2.32. The maximum Gasteiger partial charge on any atom is 0.336 e. The molecule has 0 spiro atoms. The average molecular weight is 534 g/mol. The van der Waals surface area contributed by atoms with Crippen molar-refractivity contribution >= 4 is 34.2 Å². The molecule has 2 bridgehead atoms. The lowest BCUT2D eigenvalue weighted by molar-refractivity contribution is -0.131. The van der Waals surface area contributed by atoms with Crippen molar-refractivity contribution in [3.05, 3.63) is 87.2 Å². The maximum absolute atomic E-state index is 13.5. The number of hydrogen-bond acceptors (Lipinski definition) is 10. The van der Waals surface area contributed by atoms with Crippen LogP contribution in [0, 0.1) is 0 Å². The van der Waals surface area contributed by atoms with Gasteiger partial charge < -0.3 is 29.1 Å². The van der Waals surface area contributed by atoms with Gasteiger partial charge in [-0.05, 0) is 17.9 Å². The van der Waals surface area contributed by atoms with E-state index in [4.69, 9.17) is 18.6 Å². The fourth-order valence-electron chi connectivity index (χ4n) is 3.88. The fourth-order valence-corrected chi connectivity index (χ4v) is 4.59. The predicted molar refractivity (Wildman–Crippen MR) is 141 cm³/mol. The van der Waals surface area contributed by atoms with E-state index in [2.05, 4.69) is 11.4 Å². The lowest BCUT2D eigenvalue weighted by atomic mass is 10.1. The van der Waals surface area contributed by atoms with Gasteiger partial charge in [0.1, 0.15) is 35.2 Å². The average Bonchev–Trinajstić information content (AvgIpc) is 3.44. The van der Waals surface area contributed by atoms with Crippen LogP contribution in [0.5, 0.6) is 17.2 Å². The highest BCUT2D eigenvalue weighted by Crippen LogP contribution is 2.37. The molecule has 38 heavy (non-hydrogen) atoms. The van der Waals surface area contributed by atoms with E-state index in [1.807, 2.05) is 11.4 Å². The predicted octanol–water partition coefficient (Wildman–Crippen LogP) is 3.47. The summed E-state index contributed by atoms with van der Waals surface area (Å²) in [6, 6.07) is 15.6. The molecular formula is C28H23NO8S. The van der Waals surface area contributed by atoms with Crippen molar-refractivity contribution in [3.8, 4) is 28.6 Å². The zero-order chi connectivity index (χ0) is 26.5. The number of benzene rings is 2. The molecule has 9 nitrogen and oxygen atoms in total. The summed E-state index contributed by atoms with van der Waals surface area (Å²) < 4.78 is 22.4. The minimum Gasteiger partial charge on any atom is -0.491 e. The van der Waals surface area contributed by atoms with Gasteiger partial charge in [0.2, 0.25) is 11.2 Å². The van der Waals surface area contributed by atoms with E-state index in [1.54, 1.807) is 41.7 Å². The minimum absolute atomic E-state index is 0.0369. The van der Waals surface area contributed by atoms with Crippen LogP contribution in [0.25, 0.3) is 22.3 Å². The zero-order valence-electron chi connectivity index (χ0n) is 20.0. The fraction of sp³-hybridized carbons (Fsp3) is 0.179. The minimum atomic E-state index is -0.924. The van der Waals surface area contributed by atoms with Gasteiger partial charge in [0.25, 0.3) is 0 Å². The summed E-state index contributed by atoms with van der Waals surface area (Å²) in [5, 5.41) is 15.5. The van der Waals surface area contributed by atoms with Gasteiger partial charge in [-0.1, -0.05) is 36.4 Å². The summed E-state index contributed by atoms with van der Waals surface area (Å²) in [6.07, 6.45) is 1.82. The molecule has 194 valence electrons. The molecule has 2 aromatic carbocycles. The largest absolute Gasteiger partial charge is 0.491 e. The molecule has 2 aromatic heterocycles. The molecule has 0 amide bonds. The summed E-state index contributed by atoms with van der Waals surface area (Å²) in [6.45, 7) is 0.964. The van der Waals surface area contributed by atoms with Gasteiger partial charge in [0.05, 0.1) is 0 Å². The van der Waals surface area contributed by atoms with Gasteiger partial charge in [0, 0.05) is 47.8 Å². The van der Waals surface area contributed by atoms with Gasteiger partial charge in [0.15, 0.2) is 5.76 Å². The highest BCUT2D eigenvalue weighted by Gasteiger charge is 2.25. The third kappa shape index (κ3) is 5.83. The number of nitrogens with one attached hydrogen (secondary N) is 1. The summed E-state index contributed by atoms with van der Waals surface area (Å²) >= 11 is 1.68. The molecule has 0 saturated heterocycles. The Hall–Kier alpha value is -4.25. The van der Waals surface area contributed by atoms with E-state index in [9.17, 15) is 19.5 Å². The molecule has 1 aliphatic rings. The quantitative estimate of drug-likeness (QED) is 0.189. The highest BCUT2D eigenvalue weighted by atomic mass is 32.1. The zero-order valence-corrected chi connectivity index (χ0v) is 20.9. The molecule has 10 heteroatoms. The first kappa shape index (κ1) is 25.4. The molecule has 1 unspecified atom stereocenters. The summed E-state index contributed by atoms with van der Waals surface area (Å²) in [4.78, 5) is 39.2. The Morgan fingerprint density at radius 2 is 1.76 bits per heavy atom. The molecule has 5 rings (SSSR count). The van der Waals surface area contributed by atoms with Crippen molar-refractivity contribution in [1.82, 2.24) is 5.32 Å². The van der Waals surface area contributed by atoms with Crippen molar-refractivity contribution < 1.29 is 33.3 Å². The summed E-state index contributed by atoms with van der Waals surface area (Å²) in [5.74, 6) is -2.00. The van der Waals surface area contributed by atoms with E-state index in [1.165, 1.54) is 17.0 Å². The third-order valence-electron chi connectivity index (χ3n) is 5.65. The van der Waals surface area contributed by atoms with Gasteiger partial charge in [-0.25, -0.2) is 9.59 Å². The van der Waals surface area contributed by atoms with Crippen LogP contribution in [0.4, 0.5) is 0 Å². The van der Waals surface area contributed by atoms with Crippen LogP contribution in [-0.4, -0.2) is 42.8 Å². The Balaban J connectivity index is 1.43. The van der Waals surface area contributed by atoms with Crippen molar-refractivity contribution in [2.45, 2.75) is 12.5 Å². The Kier molecular flexibility index (Phi) is 7.64. The Bertz CT molecular complexity index is 1540. The SMILES string of the molecule is O=C1/C=C\C(=O)Oc2cc(OCC(O)CNCCc3cccs3)cc3oc(-c4ccccc4)c(c(=O)c23)O1. The summed E-state index contributed by atoms with van der Waals surface area (Å²) in [5.41, 5.74) is -0.121. The number of rotatable bonds is 9. The van der Waals surface area contributed by atoms with Gasteiger partial charge in [-0.3, -0.25) is 4.79 Å². The molecule has 2 N–H and O–H groups in total. The molecule has 0 saturated carbocycles. The van der Waals surface area contributed by atoms with Crippen molar-refractivity contribution in [2.75, 3.05) is 19.7 Å². The second-order valence-corrected chi connectivity index (χ2v) is 9.46. The number of esters is 2. The van der Waals surface area contributed by atoms with Crippen molar-refractivity contribution in [2.24, 2.45) is 0 Å². The highest BCUT2D eigenvalue weighted by molar-refractivity contribution is 7.09. The molecule has 0 aliphatic carbocycles. The van der Waals surface area contributed by atoms with Crippen LogP contribution in [0.3, 0.4) is 0 Å². The van der Waals surface area contributed by atoms with Crippen LogP contribution < -0.4 is 25.0 Å². The molecule has 0 radical (unpaired) electrons. The maximum atomic E-state index is 13.5. The van der Waals surface area contributed by atoms with E-state index < -0.39 is 23.5 Å². The van der Waals surface area contributed by atoms with Crippen LogP contribution in [0.1, 0.15) is 4.88 Å². The molecule has 0 fully saturated rings. The first-order valence-electron chi connectivity index (χ1n) is 11.8. The number of fused-ring (bicyclic) bond motifs is 1. The molecule has 1 atom stereocenters. The Morgan fingerprint density at radius 1 is 0.974 bits per heavy atom. The van der Waals surface area contributed by atoms with Crippen LogP contribution in [0.15, 0.2) is 81.3 Å². The number of hydrogen-bond donors (Lipinski definition) is 2. The van der Waals surface area contributed by atoms with Crippen molar-refractivity contribution in [3.63, 3.8) is 0 Å². The number of thiophene rings is 1. The van der Waals surface area contributed by atoms with E-state index in [0.717, 1.165) is 18.6 Å². The molecule has 3 heterocycles. The molecule has 1 aliphatic heterocycles. The first-order chi connectivity index (χ1) is 18.5. The number of carbonyl (C=O) groups is 2. The second kappa shape index (κ2) is 11.4. The third-order valence-corrected chi connectivity index (χ3v) is 6.58. The second-order valence-electron chi connectivity index (χ2n) is 8.42. The molecule has 4 aromatic rings. The van der Waals surface area contributed by atoms with Crippen molar-refractivity contribution in [1.29, 1.82) is 0 Å². The Morgan fingerprint density at radius 3 is 2.53 bits per heavy atom.